The minimum Gasteiger partial charge on any atom is -0.378 e. The van der Waals surface area contributed by atoms with Crippen LogP contribution in [-0.4, -0.2) is 41.1 Å². The van der Waals surface area contributed by atoms with Crippen LogP contribution in [0, 0.1) is 11.3 Å². The van der Waals surface area contributed by atoms with Crippen LogP contribution >= 0.6 is 12.4 Å². The molecule has 0 N–H and O–H groups in total. The second-order valence-corrected chi connectivity index (χ2v) is 3.75. The Morgan fingerprint density at radius 2 is 2.11 bits per heavy atom. The first kappa shape index (κ1) is 14.5. The SMILES string of the molecule is C=CCn1c(CC#N)nnc1N1CCOCC1.Cl. The summed E-state index contributed by atoms with van der Waals surface area (Å²) < 4.78 is 7.24. The molecule has 0 atom stereocenters. The molecule has 1 fully saturated rings. The van der Waals surface area contributed by atoms with Gasteiger partial charge in [-0.2, -0.15) is 5.26 Å². The molecule has 7 heteroatoms. The summed E-state index contributed by atoms with van der Waals surface area (Å²) in [5.41, 5.74) is 0. The molecule has 6 nitrogen and oxygen atoms in total. The third kappa shape index (κ3) is 3.00. The maximum atomic E-state index is 8.74. The van der Waals surface area contributed by atoms with Crippen molar-refractivity contribution in [3.8, 4) is 6.07 Å². The molecule has 0 bridgehead atoms. The van der Waals surface area contributed by atoms with Gasteiger partial charge in [-0.1, -0.05) is 6.08 Å². The minimum absolute atomic E-state index is 0. The summed E-state index contributed by atoms with van der Waals surface area (Å²) in [7, 11) is 0. The number of ether oxygens (including phenoxy) is 1. The molecule has 2 rings (SSSR count). The predicted octanol–water partition coefficient (Wildman–Crippen LogP) is 0.789. The number of nitrogens with zero attached hydrogens (tertiary/aromatic N) is 5. The van der Waals surface area contributed by atoms with E-state index in [2.05, 4.69) is 27.7 Å². The first-order valence-corrected chi connectivity index (χ1v) is 5.59. The Labute approximate surface area is 112 Å². The van der Waals surface area contributed by atoms with Gasteiger partial charge >= 0.3 is 0 Å². The predicted molar refractivity (Wildman–Crippen MR) is 69.8 cm³/mol. The van der Waals surface area contributed by atoms with E-state index in [9.17, 15) is 0 Å². The van der Waals surface area contributed by atoms with Crippen molar-refractivity contribution in [2.45, 2.75) is 13.0 Å². The van der Waals surface area contributed by atoms with Crippen LogP contribution in [0.4, 0.5) is 5.95 Å². The lowest BCUT2D eigenvalue weighted by Gasteiger charge is -2.27. The molecule has 0 radical (unpaired) electrons. The van der Waals surface area contributed by atoms with Crippen molar-refractivity contribution in [1.82, 2.24) is 14.8 Å². The smallest absolute Gasteiger partial charge is 0.227 e. The van der Waals surface area contributed by atoms with E-state index in [1.54, 1.807) is 6.08 Å². The van der Waals surface area contributed by atoms with Crippen LogP contribution in [0.25, 0.3) is 0 Å². The van der Waals surface area contributed by atoms with Gasteiger partial charge in [0.2, 0.25) is 5.95 Å². The molecule has 1 saturated heterocycles. The maximum Gasteiger partial charge on any atom is 0.227 e. The average Bonchev–Trinajstić information content (AvgIpc) is 2.75. The lowest BCUT2D eigenvalue weighted by Crippen LogP contribution is -2.38. The minimum atomic E-state index is 0. The molecule has 0 amide bonds. The fourth-order valence-electron chi connectivity index (χ4n) is 1.84. The first-order chi connectivity index (χ1) is 8.36. The largest absolute Gasteiger partial charge is 0.378 e. The number of anilines is 1. The van der Waals surface area contributed by atoms with Gasteiger partial charge in [0.05, 0.1) is 25.7 Å². The van der Waals surface area contributed by atoms with Gasteiger partial charge in [-0.3, -0.25) is 4.57 Å². The van der Waals surface area contributed by atoms with E-state index in [4.69, 9.17) is 10.00 Å². The highest BCUT2D eigenvalue weighted by molar-refractivity contribution is 5.85. The Hall–Kier alpha value is -1.58. The van der Waals surface area contributed by atoms with Gasteiger partial charge in [0.15, 0.2) is 0 Å². The lowest BCUT2D eigenvalue weighted by molar-refractivity contribution is 0.121. The van der Waals surface area contributed by atoms with Crippen molar-refractivity contribution in [2.24, 2.45) is 0 Å². The summed E-state index contributed by atoms with van der Waals surface area (Å²) in [4.78, 5) is 2.13. The number of allylic oxidation sites excluding steroid dienone is 1. The van der Waals surface area contributed by atoms with Crippen LogP contribution in [0.3, 0.4) is 0 Å². The van der Waals surface area contributed by atoms with E-state index in [1.807, 2.05) is 4.57 Å². The molecule has 1 aliphatic heterocycles. The number of aromatic nitrogens is 3. The van der Waals surface area contributed by atoms with Crippen LogP contribution in [0.2, 0.25) is 0 Å². The molecule has 1 aromatic heterocycles. The number of halogens is 1. The monoisotopic (exact) mass is 269 g/mol. The molecule has 0 spiro atoms. The Bertz CT molecular complexity index is 433. The Balaban J connectivity index is 0.00000162. The molecule has 98 valence electrons. The second kappa shape index (κ2) is 6.99. The molecule has 1 aliphatic rings. The van der Waals surface area contributed by atoms with E-state index >= 15 is 0 Å². The number of hydrogen-bond donors (Lipinski definition) is 0. The van der Waals surface area contributed by atoms with Crippen molar-refractivity contribution in [3.63, 3.8) is 0 Å². The molecular weight excluding hydrogens is 254 g/mol. The van der Waals surface area contributed by atoms with Crippen molar-refractivity contribution in [3.05, 3.63) is 18.5 Å². The van der Waals surface area contributed by atoms with Gasteiger partial charge in [0.25, 0.3) is 0 Å². The number of nitriles is 1. The molecule has 0 saturated carbocycles. The fraction of sp³-hybridized carbons (Fsp3) is 0.545. The van der Waals surface area contributed by atoms with Gasteiger partial charge in [-0.25, -0.2) is 0 Å². The summed E-state index contributed by atoms with van der Waals surface area (Å²) >= 11 is 0. The summed E-state index contributed by atoms with van der Waals surface area (Å²) in [6.45, 7) is 7.36. The summed E-state index contributed by atoms with van der Waals surface area (Å²) in [6.07, 6.45) is 2.05. The summed E-state index contributed by atoms with van der Waals surface area (Å²) in [5, 5.41) is 17.0. The van der Waals surface area contributed by atoms with E-state index in [1.165, 1.54) is 0 Å². The highest BCUT2D eigenvalue weighted by Gasteiger charge is 2.19. The Morgan fingerprint density at radius 3 is 2.72 bits per heavy atom. The van der Waals surface area contributed by atoms with Crippen LogP contribution in [0.1, 0.15) is 5.82 Å². The molecular formula is C11H16ClN5O. The number of rotatable bonds is 4. The lowest BCUT2D eigenvalue weighted by atomic mass is 10.4. The summed E-state index contributed by atoms with van der Waals surface area (Å²) in [5.74, 6) is 1.49. The quantitative estimate of drug-likeness (QED) is 0.756. The highest BCUT2D eigenvalue weighted by atomic mass is 35.5. The maximum absolute atomic E-state index is 8.74. The molecule has 2 heterocycles. The van der Waals surface area contributed by atoms with Crippen molar-refractivity contribution < 1.29 is 4.74 Å². The van der Waals surface area contributed by atoms with E-state index < -0.39 is 0 Å². The zero-order chi connectivity index (χ0) is 12.1. The second-order valence-electron chi connectivity index (χ2n) is 3.75. The van der Waals surface area contributed by atoms with Gasteiger partial charge in [0, 0.05) is 19.6 Å². The van der Waals surface area contributed by atoms with Gasteiger partial charge in [-0.05, 0) is 0 Å². The number of morpholine rings is 1. The Kier molecular flexibility index (Phi) is 5.62. The molecule has 0 aliphatic carbocycles. The molecule has 0 aromatic carbocycles. The standard InChI is InChI=1S/C11H15N5O.ClH/c1-2-5-16-10(3-4-12)13-14-11(16)15-6-8-17-9-7-15;/h2H,1,3,5-9H2;1H. The van der Waals surface area contributed by atoms with E-state index in [0.29, 0.717) is 25.6 Å². The van der Waals surface area contributed by atoms with E-state index in [0.717, 1.165) is 19.0 Å². The van der Waals surface area contributed by atoms with Crippen LogP contribution in [0.5, 0.6) is 0 Å². The topological polar surface area (TPSA) is 67.0 Å². The van der Waals surface area contributed by atoms with E-state index in [-0.39, 0.29) is 18.8 Å². The number of hydrogen-bond acceptors (Lipinski definition) is 5. The van der Waals surface area contributed by atoms with Crippen molar-refractivity contribution in [1.29, 1.82) is 5.26 Å². The summed E-state index contributed by atoms with van der Waals surface area (Å²) in [6, 6.07) is 2.10. The zero-order valence-electron chi connectivity index (χ0n) is 10.1. The van der Waals surface area contributed by atoms with Gasteiger partial charge < -0.3 is 9.64 Å². The van der Waals surface area contributed by atoms with Crippen molar-refractivity contribution >= 4 is 18.4 Å². The average molecular weight is 270 g/mol. The first-order valence-electron chi connectivity index (χ1n) is 5.59. The fourth-order valence-corrected chi connectivity index (χ4v) is 1.84. The molecule has 18 heavy (non-hydrogen) atoms. The van der Waals surface area contributed by atoms with Gasteiger partial charge in [-0.15, -0.1) is 29.2 Å². The van der Waals surface area contributed by atoms with Gasteiger partial charge in [0.1, 0.15) is 5.82 Å². The van der Waals surface area contributed by atoms with Crippen LogP contribution < -0.4 is 4.90 Å². The van der Waals surface area contributed by atoms with Crippen LogP contribution in [-0.2, 0) is 17.7 Å². The third-order valence-corrected chi connectivity index (χ3v) is 2.65. The Morgan fingerprint density at radius 1 is 1.39 bits per heavy atom. The van der Waals surface area contributed by atoms with Crippen LogP contribution in [0.15, 0.2) is 12.7 Å². The molecule has 0 unspecified atom stereocenters. The normalized spacial score (nSPS) is 14.7. The highest BCUT2D eigenvalue weighted by Crippen LogP contribution is 2.15. The third-order valence-electron chi connectivity index (χ3n) is 2.65. The zero-order valence-corrected chi connectivity index (χ0v) is 10.9. The van der Waals surface area contributed by atoms with Crippen molar-refractivity contribution in [2.75, 3.05) is 31.2 Å². The molecule has 1 aromatic rings.